The number of methoxy groups -OCH3 is 2. The molecule has 5 aromatic rings. The summed E-state index contributed by atoms with van der Waals surface area (Å²) in [5, 5.41) is 6.89. The Morgan fingerprint density at radius 2 is 1.70 bits per heavy atom. The SMILES string of the molecule is COc1cc2nccc(Oc3ccc(NC(=O)c4nn(-c5ccc(F)cc5F)cc4OCC(F)(F)F)nc3)c2cc1OC. The van der Waals surface area contributed by atoms with Crippen LogP contribution in [-0.2, 0) is 0 Å². The molecular formula is C28H20F5N5O5. The third-order valence-electron chi connectivity index (χ3n) is 5.86. The number of hydrogen-bond donors (Lipinski definition) is 1. The number of fused-ring (bicyclic) bond motifs is 1. The Balaban J connectivity index is 1.37. The van der Waals surface area contributed by atoms with Gasteiger partial charge in [-0.05, 0) is 36.4 Å². The number of carbonyl (C=O) groups is 1. The molecule has 3 aromatic heterocycles. The highest BCUT2D eigenvalue weighted by atomic mass is 19.4. The molecule has 0 spiro atoms. The number of ether oxygens (including phenoxy) is 4. The number of benzene rings is 2. The Morgan fingerprint density at radius 3 is 2.37 bits per heavy atom. The minimum Gasteiger partial charge on any atom is -0.493 e. The molecule has 10 nitrogen and oxygen atoms in total. The molecule has 0 saturated heterocycles. The number of aromatic nitrogens is 4. The molecule has 0 aliphatic rings. The van der Waals surface area contributed by atoms with Crippen LogP contribution < -0.4 is 24.3 Å². The summed E-state index contributed by atoms with van der Waals surface area (Å²) in [7, 11) is 3.00. The lowest BCUT2D eigenvalue weighted by atomic mass is 10.2. The fourth-order valence-electron chi connectivity index (χ4n) is 3.92. The lowest BCUT2D eigenvalue weighted by Crippen LogP contribution is -2.21. The van der Waals surface area contributed by atoms with E-state index >= 15 is 0 Å². The van der Waals surface area contributed by atoms with Crippen molar-refractivity contribution in [2.45, 2.75) is 6.18 Å². The summed E-state index contributed by atoms with van der Waals surface area (Å²) in [4.78, 5) is 21.4. The number of anilines is 1. The van der Waals surface area contributed by atoms with Crippen molar-refractivity contribution in [2.24, 2.45) is 0 Å². The number of nitrogens with one attached hydrogen (secondary N) is 1. The average molecular weight is 601 g/mol. The van der Waals surface area contributed by atoms with Crippen molar-refractivity contribution in [2.75, 3.05) is 26.1 Å². The van der Waals surface area contributed by atoms with Crippen LogP contribution in [0.4, 0.5) is 27.8 Å². The summed E-state index contributed by atoms with van der Waals surface area (Å²) in [5.74, 6) is -1.87. The topological polar surface area (TPSA) is 110 Å². The van der Waals surface area contributed by atoms with E-state index in [1.807, 2.05) is 0 Å². The molecule has 0 aliphatic carbocycles. The van der Waals surface area contributed by atoms with Crippen LogP contribution in [0.25, 0.3) is 16.6 Å². The molecule has 15 heteroatoms. The second-order valence-corrected chi connectivity index (χ2v) is 8.75. The molecular weight excluding hydrogens is 581 g/mol. The lowest BCUT2D eigenvalue weighted by molar-refractivity contribution is -0.153. The van der Waals surface area contributed by atoms with Gasteiger partial charge in [-0.15, -0.1) is 0 Å². The molecule has 0 unspecified atom stereocenters. The number of amides is 1. The number of alkyl halides is 3. The van der Waals surface area contributed by atoms with E-state index < -0.39 is 41.8 Å². The molecule has 0 fully saturated rings. The fraction of sp³-hybridized carbons (Fsp3) is 0.143. The van der Waals surface area contributed by atoms with E-state index in [0.717, 1.165) is 23.0 Å². The predicted molar refractivity (Wildman–Crippen MR) is 142 cm³/mol. The molecule has 5 rings (SSSR count). The molecule has 0 radical (unpaired) electrons. The molecule has 222 valence electrons. The number of hydrogen-bond acceptors (Lipinski definition) is 8. The summed E-state index contributed by atoms with van der Waals surface area (Å²) >= 11 is 0. The molecule has 3 heterocycles. The number of halogens is 5. The Labute approximate surface area is 239 Å². The van der Waals surface area contributed by atoms with Crippen molar-refractivity contribution >= 4 is 22.6 Å². The molecule has 2 aromatic carbocycles. The van der Waals surface area contributed by atoms with Gasteiger partial charge in [-0.2, -0.15) is 18.3 Å². The van der Waals surface area contributed by atoms with Crippen molar-refractivity contribution in [3.05, 3.63) is 84.4 Å². The molecule has 0 saturated carbocycles. The van der Waals surface area contributed by atoms with E-state index in [2.05, 4.69) is 20.4 Å². The monoisotopic (exact) mass is 601 g/mol. The van der Waals surface area contributed by atoms with Crippen LogP contribution in [0.1, 0.15) is 10.5 Å². The second-order valence-electron chi connectivity index (χ2n) is 8.75. The standard InChI is InChI=1S/C28H20F5N5O5/c1-40-22-10-17-19(11-23(22)41-2)34-8-7-21(17)43-16-4-6-25(35-12-16)36-27(39)26-24(42-14-28(31,32)33)13-38(37-26)20-5-3-15(29)9-18(20)30/h3-13H,14H2,1-2H3,(H,35,36,39). The maximum atomic E-state index is 14.3. The van der Waals surface area contributed by atoms with E-state index in [4.69, 9.17) is 18.9 Å². The normalized spacial score (nSPS) is 11.3. The first-order chi connectivity index (χ1) is 20.5. The highest BCUT2D eigenvalue weighted by molar-refractivity contribution is 6.04. The number of pyridine rings is 2. The van der Waals surface area contributed by atoms with Crippen LogP contribution in [0.3, 0.4) is 0 Å². The zero-order valence-electron chi connectivity index (χ0n) is 22.3. The summed E-state index contributed by atoms with van der Waals surface area (Å²) in [6.07, 6.45) is -1.01. The Morgan fingerprint density at radius 1 is 0.930 bits per heavy atom. The summed E-state index contributed by atoms with van der Waals surface area (Å²) in [6.45, 7) is -1.74. The second kappa shape index (κ2) is 11.8. The van der Waals surface area contributed by atoms with E-state index in [1.54, 1.807) is 24.4 Å². The molecule has 0 bridgehead atoms. The van der Waals surface area contributed by atoms with Gasteiger partial charge in [0.25, 0.3) is 5.91 Å². The van der Waals surface area contributed by atoms with Crippen molar-refractivity contribution in [1.82, 2.24) is 19.7 Å². The Kier molecular flexibility index (Phi) is 7.96. The van der Waals surface area contributed by atoms with Crippen LogP contribution in [-0.4, -0.2) is 52.7 Å². The summed E-state index contributed by atoms with van der Waals surface area (Å²) < 4.78 is 88.2. The van der Waals surface area contributed by atoms with Crippen LogP contribution in [0.2, 0.25) is 0 Å². The van der Waals surface area contributed by atoms with Gasteiger partial charge in [0.05, 0.1) is 32.1 Å². The third-order valence-corrected chi connectivity index (χ3v) is 5.86. The third kappa shape index (κ3) is 6.55. The van der Waals surface area contributed by atoms with E-state index in [-0.39, 0.29) is 17.3 Å². The van der Waals surface area contributed by atoms with Gasteiger partial charge < -0.3 is 24.3 Å². The molecule has 1 N–H and O–H groups in total. The first-order valence-corrected chi connectivity index (χ1v) is 12.3. The Bertz CT molecular complexity index is 1790. The molecule has 0 aliphatic heterocycles. The van der Waals surface area contributed by atoms with Crippen LogP contribution in [0, 0.1) is 11.6 Å². The molecule has 0 atom stereocenters. The van der Waals surface area contributed by atoms with Gasteiger partial charge in [-0.3, -0.25) is 9.78 Å². The van der Waals surface area contributed by atoms with Gasteiger partial charge in [0.1, 0.15) is 28.8 Å². The van der Waals surface area contributed by atoms with Crippen LogP contribution in [0.15, 0.2) is 67.1 Å². The van der Waals surface area contributed by atoms with Gasteiger partial charge in [-0.25, -0.2) is 18.4 Å². The zero-order chi connectivity index (χ0) is 30.7. The lowest BCUT2D eigenvalue weighted by Gasteiger charge is -2.12. The fourth-order valence-corrected chi connectivity index (χ4v) is 3.92. The first-order valence-electron chi connectivity index (χ1n) is 12.3. The number of carbonyl (C=O) groups excluding carboxylic acids is 1. The zero-order valence-corrected chi connectivity index (χ0v) is 22.3. The van der Waals surface area contributed by atoms with Crippen molar-refractivity contribution in [3.63, 3.8) is 0 Å². The minimum atomic E-state index is -4.73. The first kappa shape index (κ1) is 29.0. The van der Waals surface area contributed by atoms with Crippen molar-refractivity contribution < 1.29 is 45.7 Å². The summed E-state index contributed by atoms with van der Waals surface area (Å²) in [6, 6.07) is 10.4. The quantitative estimate of drug-likeness (QED) is 0.202. The van der Waals surface area contributed by atoms with E-state index in [9.17, 15) is 26.7 Å². The predicted octanol–water partition coefficient (Wildman–Crippen LogP) is 6.10. The smallest absolute Gasteiger partial charge is 0.422 e. The maximum Gasteiger partial charge on any atom is 0.422 e. The Hall–Kier alpha value is -5.47. The minimum absolute atomic E-state index is 0.00683. The van der Waals surface area contributed by atoms with Crippen LogP contribution >= 0.6 is 0 Å². The van der Waals surface area contributed by atoms with E-state index in [1.165, 1.54) is 32.5 Å². The largest absolute Gasteiger partial charge is 0.493 e. The van der Waals surface area contributed by atoms with Gasteiger partial charge in [0.15, 0.2) is 35.4 Å². The van der Waals surface area contributed by atoms with Gasteiger partial charge in [0, 0.05) is 23.7 Å². The average Bonchev–Trinajstić information content (AvgIpc) is 3.40. The number of rotatable bonds is 9. The highest BCUT2D eigenvalue weighted by Gasteiger charge is 2.30. The maximum absolute atomic E-state index is 14.3. The summed E-state index contributed by atoms with van der Waals surface area (Å²) in [5.41, 5.74) is -0.338. The van der Waals surface area contributed by atoms with Crippen molar-refractivity contribution in [3.8, 4) is 34.4 Å². The van der Waals surface area contributed by atoms with Gasteiger partial charge >= 0.3 is 6.18 Å². The molecule has 1 amide bonds. The van der Waals surface area contributed by atoms with Gasteiger partial charge in [-0.1, -0.05) is 0 Å². The highest BCUT2D eigenvalue weighted by Crippen LogP contribution is 2.37. The van der Waals surface area contributed by atoms with E-state index in [0.29, 0.717) is 34.2 Å². The number of nitrogens with zero attached hydrogens (tertiary/aromatic N) is 4. The van der Waals surface area contributed by atoms with Crippen molar-refractivity contribution in [1.29, 1.82) is 0 Å². The van der Waals surface area contributed by atoms with Gasteiger partial charge in [0.2, 0.25) is 0 Å². The molecule has 43 heavy (non-hydrogen) atoms. The van der Waals surface area contributed by atoms with Crippen LogP contribution in [0.5, 0.6) is 28.7 Å².